The number of carbonyl (C=O) groups excluding carboxylic acids is 3. The first kappa shape index (κ1) is 29.7. The molecule has 9 nitrogen and oxygen atoms in total. The summed E-state index contributed by atoms with van der Waals surface area (Å²) < 4.78 is 5.15. The van der Waals surface area contributed by atoms with Crippen LogP contribution in [-0.2, 0) is 24.5 Å². The molecule has 4 aromatic carbocycles. The van der Waals surface area contributed by atoms with Gasteiger partial charge in [-0.15, -0.1) is 0 Å². The Balaban J connectivity index is 1.87. The average molecular weight is 566 g/mol. The van der Waals surface area contributed by atoms with Crippen LogP contribution in [0.2, 0.25) is 0 Å². The van der Waals surface area contributed by atoms with Crippen LogP contribution in [0.5, 0.6) is 0 Å². The Labute approximate surface area is 243 Å². The highest BCUT2D eigenvalue weighted by molar-refractivity contribution is 5.99. The second kappa shape index (κ2) is 13.4. The Kier molecular flexibility index (Phi) is 9.44. The topological polar surface area (TPSA) is 142 Å². The Morgan fingerprint density at radius 2 is 1.26 bits per heavy atom. The molecule has 0 aliphatic rings. The van der Waals surface area contributed by atoms with Gasteiger partial charge in [-0.1, -0.05) is 103 Å². The lowest BCUT2D eigenvalue weighted by atomic mass is 9.68. The smallest absolute Gasteiger partial charge is 0.306 e. The zero-order chi connectivity index (χ0) is 30.1. The Hall–Kier alpha value is -5.31. The van der Waals surface area contributed by atoms with Gasteiger partial charge in [-0.3, -0.25) is 24.5 Å². The molecular formula is C33H31N3O6. The molecule has 0 saturated heterocycles. The molecule has 0 fully saturated rings. The molecule has 3 N–H and O–H groups in total. The highest BCUT2D eigenvalue weighted by Gasteiger charge is 2.46. The first-order chi connectivity index (χ1) is 20.3. The zero-order valence-corrected chi connectivity index (χ0v) is 23.0. The van der Waals surface area contributed by atoms with E-state index >= 15 is 0 Å². The minimum Gasteiger partial charge on any atom is -0.466 e. The number of nitrogens with two attached hydrogens (primary N) is 1. The van der Waals surface area contributed by atoms with Crippen LogP contribution in [0.15, 0.2) is 115 Å². The van der Waals surface area contributed by atoms with Crippen molar-refractivity contribution in [2.75, 3.05) is 6.61 Å². The number of benzene rings is 4. The third-order valence-corrected chi connectivity index (χ3v) is 7.18. The van der Waals surface area contributed by atoms with Crippen molar-refractivity contribution in [2.45, 2.75) is 30.7 Å². The van der Waals surface area contributed by atoms with E-state index in [1.807, 2.05) is 91.0 Å². The molecule has 0 bridgehead atoms. The van der Waals surface area contributed by atoms with Crippen molar-refractivity contribution in [3.63, 3.8) is 0 Å². The summed E-state index contributed by atoms with van der Waals surface area (Å²) in [7, 11) is 0. The number of carbonyl (C=O) groups is 3. The molecule has 214 valence electrons. The van der Waals surface area contributed by atoms with Gasteiger partial charge in [0.25, 0.3) is 5.69 Å². The van der Waals surface area contributed by atoms with Gasteiger partial charge in [-0.2, -0.15) is 0 Å². The first-order valence-electron chi connectivity index (χ1n) is 13.5. The van der Waals surface area contributed by atoms with Crippen LogP contribution in [0.4, 0.5) is 5.69 Å². The lowest BCUT2D eigenvalue weighted by Gasteiger charge is -2.36. The highest BCUT2D eigenvalue weighted by atomic mass is 16.6. The maximum absolute atomic E-state index is 14.7. The Morgan fingerprint density at radius 1 is 0.810 bits per heavy atom. The molecule has 4 aromatic rings. The third-order valence-electron chi connectivity index (χ3n) is 7.18. The number of ether oxygens (including phenoxy) is 1. The summed E-state index contributed by atoms with van der Waals surface area (Å²) >= 11 is 0. The van der Waals surface area contributed by atoms with Crippen LogP contribution in [0.3, 0.4) is 0 Å². The second-order valence-corrected chi connectivity index (χ2v) is 9.67. The summed E-state index contributed by atoms with van der Waals surface area (Å²) in [4.78, 5) is 51.2. The molecular weight excluding hydrogens is 534 g/mol. The van der Waals surface area contributed by atoms with Crippen LogP contribution in [0.1, 0.15) is 41.5 Å². The van der Waals surface area contributed by atoms with Crippen molar-refractivity contribution in [3.05, 3.63) is 148 Å². The summed E-state index contributed by atoms with van der Waals surface area (Å²) in [5.41, 5.74) is 6.70. The molecule has 0 radical (unpaired) electrons. The van der Waals surface area contributed by atoms with E-state index in [0.29, 0.717) is 22.3 Å². The minimum atomic E-state index is -1.40. The Bertz CT molecular complexity index is 1430. The van der Waals surface area contributed by atoms with Gasteiger partial charge in [0.2, 0.25) is 11.8 Å². The van der Waals surface area contributed by atoms with E-state index in [9.17, 15) is 24.5 Å². The second-order valence-electron chi connectivity index (χ2n) is 9.67. The number of amides is 2. The molecule has 9 heteroatoms. The molecule has 0 aliphatic carbocycles. The maximum Gasteiger partial charge on any atom is 0.306 e. The van der Waals surface area contributed by atoms with Gasteiger partial charge in [0.15, 0.2) is 0 Å². The molecule has 0 unspecified atom stereocenters. The van der Waals surface area contributed by atoms with Gasteiger partial charge >= 0.3 is 5.97 Å². The maximum atomic E-state index is 14.7. The molecule has 2 atom stereocenters. The number of non-ortho nitro benzene ring substituents is 1. The largest absolute Gasteiger partial charge is 0.466 e. The van der Waals surface area contributed by atoms with E-state index in [1.165, 1.54) is 24.3 Å². The van der Waals surface area contributed by atoms with E-state index in [1.54, 1.807) is 6.92 Å². The number of primary amides is 1. The fourth-order valence-corrected chi connectivity index (χ4v) is 5.25. The van der Waals surface area contributed by atoms with Crippen molar-refractivity contribution >= 4 is 23.5 Å². The third kappa shape index (κ3) is 6.20. The normalized spacial score (nSPS) is 12.5. The number of nitro benzene ring substituents is 1. The lowest BCUT2D eigenvalue weighted by Crippen LogP contribution is -2.55. The molecule has 0 aromatic heterocycles. The molecule has 4 rings (SSSR count). The fourth-order valence-electron chi connectivity index (χ4n) is 5.25. The summed E-state index contributed by atoms with van der Waals surface area (Å²) in [6.07, 6.45) is -0.297. The van der Waals surface area contributed by atoms with E-state index in [4.69, 9.17) is 10.5 Å². The van der Waals surface area contributed by atoms with E-state index in [0.717, 1.165) is 0 Å². The molecule has 0 heterocycles. The van der Waals surface area contributed by atoms with Crippen molar-refractivity contribution < 1.29 is 24.0 Å². The van der Waals surface area contributed by atoms with Gasteiger partial charge in [-0.25, -0.2) is 0 Å². The summed E-state index contributed by atoms with van der Waals surface area (Å²) in [6, 6.07) is 31.6. The monoisotopic (exact) mass is 565 g/mol. The van der Waals surface area contributed by atoms with Crippen molar-refractivity contribution in [1.29, 1.82) is 0 Å². The van der Waals surface area contributed by atoms with E-state index in [-0.39, 0.29) is 18.7 Å². The van der Waals surface area contributed by atoms with Crippen LogP contribution in [0.25, 0.3) is 0 Å². The van der Waals surface area contributed by atoms with Gasteiger partial charge in [0.05, 0.1) is 18.0 Å². The molecule has 0 saturated carbocycles. The molecule has 0 spiro atoms. The van der Waals surface area contributed by atoms with Gasteiger partial charge in [0.1, 0.15) is 11.5 Å². The Morgan fingerprint density at radius 3 is 1.64 bits per heavy atom. The highest BCUT2D eigenvalue weighted by Crippen LogP contribution is 2.40. The molecule has 2 amide bonds. The van der Waals surface area contributed by atoms with Crippen LogP contribution < -0.4 is 11.1 Å². The number of hydrogen-bond donors (Lipinski definition) is 2. The number of hydrogen-bond acceptors (Lipinski definition) is 6. The first-order valence-corrected chi connectivity index (χ1v) is 13.5. The minimum absolute atomic E-state index is 0.110. The number of rotatable bonds is 12. The van der Waals surface area contributed by atoms with Crippen LogP contribution in [0, 0.1) is 10.1 Å². The van der Waals surface area contributed by atoms with E-state index < -0.39 is 40.1 Å². The fraction of sp³-hybridized carbons (Fsp3) is 0.182. The van der Waals surface area contributed by atoms with Crippen LogP contribution in [-0.4, -0.2) is 35.4 Å². The molecule has 0 aliphatic heterocycles. The van der Waals surface area contributed by atoms with Crippen molar-refractivity contribution in [2.24, 2.45) is 5.73 Å². The predicted octanol–water partition coefficient (Wildman–Crippen LogP) is 4.64. The standard InChI is InChI=1S/C33H31N3O6/c1-2-42-29(37)22-28(23-18-20-27(21-19-23)36(40)41)30(31(34)38)35-32(39)33(24-12-6-3-7-13-24,25-14-8-4-9-15-25)26-16-10-5-11-17-26/h3-21,28,30H,2,22H2,1H3,(H2,34,38)(H,35,39)/t28-,30-/m0/s1. The van der Waals surface area contributed by atoms with Crippen molar-refractivity contribution in [1.82, 2.24) is 5.32 Å². The predicted molar refractivity (Wildman–Crippen MR) is 157 cm³/mol. The quantitative estimate of drug-likeness (QED) is 0.111. The number of esters is 1. The lowest BCUT2D eigenvalue weighted by molar-refractivity contribution is -0.384. The number of nitrogens with one attached hydrogen (secondary N) is 1. The number of nitrogens with zero attached hydrogens (tertiary/aromatic N) is 1. The number of nitro groups is 1. The SMILES string of the molecule is CCOC(=O)C[C@@H](c1ccc([N+](=O)[O-])cc1)[C@H](NC(=O)C(c1ccccc1)(c1ccccc1)c1ccccc1)C(N)=O. The van der Waals surface area contributed by atoms with E-state index in [2.05, 4.69) is 5.32 Å². The molecule has 42 heavy (non-hydrogen) atoms. The van der Waals surface area contributed by atoms with Gasteiger partial charge in [-0.05, 0) is 29.2 Å². The average Bonchev–Trinajstić information content (AvgIpc) is 3.01. The summed E-state index contributed by atoms with van der Waals surface area (Å²) in [6.45, 7) is 1.76. The van der Waals surface area contributed by atoms with Gasteiger partial charge < -0.3 is 15.8 Å². The van der Waals surface area contributed by atoms with Gasteiger partial charge in [0, 0.05) is 18.1 Å². The summed E-state index contributed by atoms with van der Waals surface area (Å²) in [5, 5.41) is 14.1. The summed E-state index contributed by atoms with van der Waals surface area (Å²) in [5.74, 6) is -2.99. The zero-order valence-electron chi connectivity index (χ0n) is 23.0. The van der Waals surface area contributed by atoms with Crippen LogP contribution >= 0.6 is 0 Å². The van der Waals surface area contributed by atoms with Crippen molar-refractivity contribution in [3.8, 4) is 0 Å².